The molecule has 1 rings (SSSR count). The zero-order chi connectivity index (χ0) is 8.85. The molecule has 0 spiro atoms. The third-order valence-corrected chi connectivity index (χ3v) is 1.09. The van der Waals surface area contributed by atoms with Crippen molar-refractivity contribution in [2.75, 3.05) is 6.54 Å². The maximum atomic E-state index is 10.5. The minimum atomic E-state index is -0.530. The zero-order valence-corrected chi connectivity index (χ0v) is 6.68. The minimum Gasteiger partial charge on any atom is -0.328 e. The Morgan fingerprint density at radius 1 is 1.45 bits per heavy atom. The van der Waals surface area contributed by atoms with Crippen LogP contribution in [0, 0.1) is 0 Å². The van der Waals surface area contributed by atoms with Crippen molar-refractivity contribution in [2.45, 2.75) is 19.9 Å². The lowest BCUT2D eigenvalue weighted by Crippen LogP contribution is -2.36. The van der Waals surface area contributed by atoms with Gasteiger partial charge >= 0.3 is 6.03 Å². The highest BCUT2D eigenvalue weighted by molar-refractivity contribution is 6.04. The van der Waals surface area contributed by atoms with Gasteiger partial charge in [-0.3, -0.25) is 10.1 Å². The van der Waals surface area contributed by atoms with Crippen molar-refractivity contribution in [3.8, 4) is 0 Å². The highest BCUT2D eigenvalue weighted by atomic mass is 16.2. The monoisotopic (exact) mass is 159 g/mol. The third-order valence-electron chi connectivity index (χ3n) is 1.09. The van der Waals surface area contributed by atoms with E-state index in [2.05, 4.69) is 5.32 Å². The molecular formula is C6H13N3O2. The van der Waals surface area contributed by atoms with Gasteiger partial charge in [-0.1, -0.05) is 13.8 Å². The number of carbonyl (C=O) groups is 2. The molecule has 1 aliphatic heterocycles. The predicted octanol–water partition coefficient (Wildman–Crippen LogP) is -0.821. The van der Waals surface area contributed by atoms with Crippen molar-refractivity contribution >= 4 is 11.9 Å². The molecule has 3 amide bonds. The summed E-state index contributed by atoms with van der Waals surface area (Å²) in [7, 11) is 0. The summed E-state index contributed by atoms with van der Waals surface area (Å²) >= 11 is 0. The molecule has 1 fully saturated rings. The van der Waals surface area contributed by atoms with Gasteiger partial charge in [0.25, 0.3) is 5.91 Å². The molecule has 5 nitrogen and oxygen atoms in total. The van der Waals surface area contributed by atoms with E-state index in [1.165, 1.54) is 0 Å². The van der Waals surface area contributed by atoms with Crippen LogP contribution in [0.3, 0.4) is 0 Å². The van der Waals surface area contributed by atoms with Crippen LogP contribution in [0.25, 0.3) is 0 Å². The van der Waals surface area contributed by atoms with E-state index in [0.717, 1.165) is 0 Å². The number of imide groups is 1. The van der Waals surface area contributed by atoms with Crippen molar-refractivity contribution in [3.63, 3.8) is 0 Å². The average molecular weight is 159 g/mol. The molecule has 64 valence electrons. The molecule has 0 aromatic carbocycles. The first-order valence-corrected chi connectivity index (χ1v) is 3.55. The quantitative estimate of drug-likeness (QED) is 0.437. The van der Waals surface area contributed by atoms with E-state index in [4.69, 9.17) is 5.73 Å². The fourth-order valence-corrected chi connectivity index (χ4v) is 0.625. The molecule has 0 aromatic heterocycles. The average Bonchev–Trinajstić information content (AvgIpc) is 2.33. The maximum Gasteiger partial charge on any atom is 0.322 e. The number of carbonyl (C=O) groups excluding carboxylic acids is 2. The summed E-state index contributed by atoms with van der Waals surface area (Å²) in [5.41, 5.74) is 5.11. The highest BCUT2D eigenvalue weighted by Gasteiger charge is 2.27. The van der Waals surface area contributed by atoms with E-state index in [1.807, 2.05) is 19.2 Å². The van der Waals surface area contributed by atoms with Gasteiger partial charge in [0.2, 0.25) is 0 Å². The van der Waals surface area contributed by atoms with Gasteiger partial charge in [-0.05, 0) is 0 Å². The topological polar surface area (TPSA) is 84.2 Å². The van der Waals surface area contributed by atoms with Crippen molar-refractivity contribution in [2.24, 2.45) is 5.73 Å². The van der Waals surface area contributed by atoms with E-state index >= 15 is 0 Å². The predicted molar refractivity (Wildman–Crippen MR) is 40.9 cm³/mol. The largest absolute Gasteiger partial charge is 0.328 e. The molecule has 0 bridgehead atoms. The summed E-state index contributed by atoms with van der Waals surface area (Å²) in [4.78, 5) is 20.9. The van der Waals surface area contributed by atoms with Gasteiger partial charge in [0.1, 0.15) is 6.04 Å². The van der Waals surface area contributed by atoms with E-state index in [9.17, 15) is 9.59 Å². The van der Waals surface area contributed by atoms with Crippen LogP contribution in [0.1, 0.15) is 13.8 Å². The Bertz CT molecular complexity index is 158. The number of hydrogen-bond acceptors (Lipinski definition) is 3. The Kier molecular flexibility index (Phi) is 4.21. The fraction of sp³-hybridized carbons (Fsp3) is 0.667. The Morgan fingerprint density at radius 3 is 2.18 bits per heavy atom. The second-order valence-electron chi connectivity index (χ2n) is 1.75. The molecule has 4 N–H and O–H groups in total. The van der Waals surface area contributed by atoms with E-state index in [0.29, 0.717) is 0 Å². The molecule has 1 heterocycles. The van der Waals surface area contributed by atoms with E-state index in [1.54, 1.807) is 0 Å². The molecule has 1 atom stereocenters. The van der Waals surface area contributed by atoms with Gasteiger partial charge in [0.05, 0.1) is 0 Å². The lowest BCUT2D eigenvalue weighted by atomic mass is 10.3. The number of amides is 3. The molecular weight excluding hydrogens is 146 g/mol. The minimum absolute atomic E-state index is 0.150. The summed E-state index contributed by atoms with van der Waals surface area (Å²) in [5.74, 6) is -0.345. The Morgan fingerprint density at radius 2 is 2.00 bits per heavy atom. The molecule has 0 radical (unpaired) electrons. The van der Waals surface area contributed by atoms with Gasteiger partial charge < -0.3 is 11.1 Å². The number of nitrogens with one attached hydrogen (secondary N) is 2. The highest BCUT2D eigenvalue weighted by Crippen LogP contribution is 1.88. The van der Waals surface area contributed by atoms with Crippen LogP contribution >= 0.6 is 0 Å². The molecule has 1 saturated heterocycles. The zero-order valence-electron chi connectivity index (χ0n) is 6.68. The van der Waals surface area contributed by atoms with Crippen LogP contribution in [0.4, 0.5) is 4.79 Å². The Labute approximate surface area is 65.3 Å². The maximum absolute atomic E-state index is 10.5. The van der Waals surface area contributed by atoms with Crippen LogP contribution in [0.15, 0.2) is 0 Å². The molecule has 1 unspecified atom stereocenters. The van der Waals surface area contributed by atoms with Gasteiger partial charge in [-0.25, -0.2) is 4.79 Å². The summed E-state index contributed by atoms with van der Waals surface area (Å²) in [6.07, 6.45) is 0. The van der Waals surface area contributed by atoms with Gasteiger partial charge in [0.15, 0.2) is 0 Å². The summed E-state index contributed by atoms with van der Waals surface area (Å²) in [6, 6.07) is -0.993. The third kappa shape index (κ3) is 2.55. The smallest absolute Gasteiger partial charge is 0.322 e. The van der Waals surface area contributed by atoms with Gasteiger partial charge in [-0.15, -0.1) is 0 Å². The molecule has 0 saturated carbocycles. The first-order chi connectivity index (χ1) is 5.24. The molecule has 5 heteroatoms. The molecule has 0 aliphatic carbocycles. The molecule has 1 aliphatic rings. The first kappa shape index (κ1) is 9.90. The van der Waals surface area contributed by atoms with Crippen LogP contribution in [-0.4, -0.2) is 24.5 Å². The van der Waals surface area contributed by atoms with Crippen molar-refractivity contribution in [1.82, 2.24) is 10.6 Å². The number of nitrogens with two attached hydrogens (primary N) is 1. The SMILES string of the molecule is CC.NCC1NC(=O)NC1=O. The van der Waals surface area contributed by atoms with Crippen molar-refractivity contribution < 1.29 is 9.59 Å². The Balaban J connectivity index is 0.000000461. The van der Waals surface area contributed by atoms with Crippen molar-refractivity contribution in [1.29, 1.82) is 0 Å². The summed E-state index contributed by atoms with van der Waals surface area (Å²) < 4.78 is 0. The van der Waals surface area contributed by atoms with E-state index < -0.39 is 12.1 Å². The lowest BCUT2D eigenvalue weighted by Gasteiger charge is -1.98. The first-order valence-electron chi connectivity index (χ1n) is 3.55. The second-order valence-corrected chi connectivity index (χ2v) is 1.75. The van der Waals surface area contributed by atoms with Crippen molar-refractivity contribution in [3.05, 3.63) is 0 Å². The summed E-state index contributed by atoms with van der Waals surface area (Å²) in [5, 5.41) is 4.38. The number of urea groups is 1. The second kappa shape index (κ2) is 4.68. The van der Waals surface area contributed by atoms with Gasteiger partial charge in [-0.2, -0.15) is 0 Å². The van der Waals surface area contributed by atoms with Crippen LogP contribution in [0.2, 0.25) is 0 Å². The van der Waals surface area contributed by atoms with Gasteiger partial charge in [0, 0.05) is 6.54 Å². The van der Waals surface area contributed by atoms with E-state index in [-0.39, 0.29) is 12.5 Å². The molecule has 0 aromatic rings. The van der Waals surface area contributed by atoms with Crippen LogP contribution in [-0.2, 0) is 4.79 Å². The Hall–Kier alpha value is -1.10. The normalized spacial score (nSPS) is 21.5. The fourth-order valence-electron chi connectivity index (χ4n) is 0.625. The lowest BCUT2D eigenvalue weighted by molar-refractivity contribution is -0.119. The number of rotatable bonds is 1. The van der Waals surface area contributed by atoms with Crippen LogP contribution in [0.5, 0.6) is 0 Å². The molecule has 11 heavy (non-hydrogen) atoms. The standard InChI is InChI=1S/C4H7N3O2.C2H6/c5-1-2-3(8)7-4(9)6-2;1-2/h2H,1,5H2,(H2,6,7,8,9);1-2H3. The van der Waals surface area contributed by atoms with Crippen LogP contribution < -0.4 is 16.4 Å². The summed E-state index contributed by atoms with van der Waals surface area (Å²) in [6.45, 7) is 4.15. The number of hydrogen-bond donors (Lipinski definition) is 3.